The van der Waals surface area contributed by atoms with Crippen LogP contribution in [0.15, 0.2) is 42.5 Å². The zero-order chi connectivity index (χ0) is 19.1. The van der Waals surface area contributed by atoms with E-state index < -0.39 is 0 Å². The molecule has 0 radical (unpaired) electrons. The van der Waals surface area contributed by atoms with E-state index >= 15 is 0 Å². The van der Waals surface area contributed by atoms with Crippen LogP contribution in [0.1, 0.15) is 17.2 Å². The average molecular weight is 362 g/mol. The molecule has 1 fully saturated rings. The van der Waals surface area contributed by atoms with Crippen molar-refractivity contribution in [3.63, 3.8) is 0 Å². The molecule has 0 aliphatic carbocycles. The molecule has 2 aromatic carbocycles. The summed E-state index contributed by atoms with van der Waals surface area (Å²) in [6.45, 7) is 0.580. The molecule has 2 unspecified atom stereocenters. The summed E-state index contributed by atoms with van der Waals surface area (Å²) in [4.78, 5) is 0. The van der Waals surface area contributed by atoms with Gasteiger partial charge in [-0.2, -0.15) is 0 Å². The Morgan fingerprint density at radius 2 is 1.77 bits per heavy atom. The fourth-order valence-electron chi connectivity index (χ4n) is 3.33. The molecule has 0 spiro atoms. The van der Waals surface area contributed by atoms with Gasteiger partial charge in [0.05, 0.1) is 19.8 Å². The van der Waals surface area contributed by atoms with Crippen molar-refractivity contribution in [2.45, 2.75) is 12.5 Å². The highest BCUT2D eigenvalue weighted by Crippen LogP contribution is 2.41. The van der Waals surface area contributed by atoms with E-state index in [2.05, 4.69) is 0 Å². The first-order valence-electron chi connectivity index (χ1n) is 8.44. The molecule has 0 amide bonds. The highest BCUT2D eigenvalue weighted by Gasteiger charge is 2.37. The van der Waals surface area contributed by atoms with Gasteiger partial charge >= 0.3 is 0 Å². The van der Waals surface area contributed by atoms with Crippen molar-refractivity contribution in [3.05, 3.63) is 53.6 Å². The molecule has 0 bridgehead atoms. The minimum Gasteiger partial charge on any atom is -0.508 e. The number of aromatic hydroxyl groups is 2. The minimum absolute atomic E-state index is 0.0244. The molecule has 1 aliphatic heterocycles. The maximum atomic E-state index is 9.87. The molecule has 0 aromatic heterocycles. The first-order valence-corrected chi connectivity index (χ1v) is 8.44. The molecule has 1 saturated heterocycles. The predicted molar refractivity (Wildman–Crippen MR) is 97.4 cm³/mol. The third kappa shape index (κ3) is 4.46. The fraction of sp³-hybridized carbons (Fsp3) is 0.400. The molecule has 3 rings (SSSR count). The van der Waals surface area contributed by atoms with Crippen LogP contribution in [0.25, 0.3) is 0 Å². The van der Waals surface area contributed by atoms with Gasteiger partial charge in [0.1, 0.15) is 5.75 Å². The minimum atomic E-state index is -0.230. The molecule has 3 atom stereocenters. The molecule has 6 nitrogen and oxygen atoms in total. The molecular weight excluding hydrogens is 336 g/mol. The van der Waals surface area contributed by atoms with E-state index in [1.807, 2.05) is 12.1 Å². The molecule has 1 heterocycles. The Labute approximate surface area is 153 Å². The van der Waals surface area contributed by atoms with Crippen LogP contribution in [0, 0.1) is 11.8 Å². The molecule has 2 aromatic rings. The number of phenolic OH excluding ortho intramolecular Hbond substituents is 2. The van der Waals surface area contributed by atoms with E-state index in [0.717, 1.165) is 24.7 Å². The van der Waals surface area contributed by atoms with Crippen LogP contribution in [0.4, 0.5) is 0 Å². The van der Waals surface area contributed by atoms with E-state index in [-0.39, 0.29) is 36.0 Å². The Balaban J connectivity index is 0.00000117. The van der Waals surface area contributed by atoms with E-state index in [1.165, 1.54) is 7.11 Å². The van der Waals surface area contributed by atoms with Gasteiger partial charge in [-0.15, -0.1) is 0 Å². The third-order valence-electron chi connectivity index (χ3n) is 4.66. The van der Waals surface area contributed by atoms with Crippen molar-refractivity contribution in [3.8, 4) is 17.2 Å². The quantitative estimate of drug-likeness (QED) is 0.651. The van der Waals surface area contributed by atoms with Crippen LogP contribution in [-0.2, 0) is 11.2 Å². The summed E-state index contributed by atoms with van der Waals surface area (Å²) in [5, 5.41) is 36.0. The molecular formula is C20H26O6. The number of methoxy groups -OCH3 is 1. The van der Waals surface area contributed by atoms with E-state index in [9.17, 15) is 15.3 Å². The maximum absolute atomic E-state index is 9.87. The van der Waals surface area contributed by atoms with Crippen LogP contribution in [-0.4, -0.2) is 47.9 Å². The second kappa shape index (κ2) is 9.43. The standard InChI is InChI=1S/C19H22O5.CH4O/c1-23-18-9-13(4-7-17(18)22)19-16(10-20)14(11-24-19)8-12-2-5-15(21)6-3-12;1-2/h2-7,9,14,16,19-22H,8,10-11H2,1H3;2H,1H3/t14?,16?,19-;/m1./s1. The van der Waals surface area contributed by atoms with Gasteiger partial charge in [0.25, 0.3) is 0 Å². The Morgan fingerprint density at radius 3 is 2.38 bits per heavy atom. The Kier molecular flexibility index (Phi) is 7.26. The number of hydrogen-bond acceptors (Lipinski definition) is 6. The van der Waals surface area contributed by atoms with Gasteiger partial charge in [0, 0.05) is 19.6 Å². The number of aliphatic hydroxyl groups excluding tert-OH is 2. The van der Waals surface area contributed by atoms with Gasteiger partial charge in [0.2, 0.25) is 0 Å². The number of hydrogen-bond donors (Lipinski definition) is 4. The van der Waals surface area contributed by atoms with E-state index in [0.29, 0.717) is 12.4 Å². The molecule has 4 N–H and O–H groups in total. The summed E-state index contributed by atoms with van der Waals surface area (Å²) in [6, 6.07) is 12.3. The summed E-state index contributed by atoms with van der Waals surface area (Å²) in [7, 11) is 2.51. The van der Waals surface area contributed by atoms with Gasteiger partial charge in [-0.05, 0) is 47.7 Å². The summed E-state index contributed by atoms with van der Waals surface area (Å²) in [5.74, 6) is 0.877. The monoisotopic (exact) mass is 362 g/mol. The van der Waals surface area contributed by atoms with Crippen LogP contribution in [0.5, 0.6) is 17.2 Å². The largest absolute Gasteiger partial charge is 0.508 e. The number of phenols is 2. The zero-order valence-electron chi connectivity index (χ0n) is 15.0. The topological polar surface area (TPSA) is 99.4 Å². The molecule has 26 heavy (non-hydrogen) atoms. The van der Waals surface area contributed by atoms with E-state index in [1.54, 1.807) is 30.3 Å². The lowest BCUT2D eigenvalue weighted by Gasteiger charge is -2.21. The van der Waals surface area contributed by atoms with Crippen LogP contribution in [0.2, 0.25) is 0 Å². The lowest BCUT2D eigenvalue weighted by Crippen LogP contribution is -2.21. The normalized spacial score (nSPS) is 21.8. The Hall–Kier alpha value is -2.28. The van der Waals surface area contributed by atoms with Crippen LogP contribution < -0.4 is 4.74 Å². The summed E-state index contributed by atoms with van der Waals surface area (Å²) in [6.07, 6.45) is 0.545. The zero-order valence-corrected chi connectivity index (χ0v) is 15.0. The molecule has 142 valence electrons. The highest BCUT2D eigenvalue weighted by atomic mass is 16.5. The van der Waals surface area contributed by atoms with Crippen molar-refractivity contribution in [1.82, 2.24) is 0 Å². The lowest BCUT2D eigenvalue weighted by molar-refractivity contribution is 0.0717. The van der Waals surface area contributed by atoms with Gasteiger partial charge in [-0.3, -0.25) is 0 Å². The van der Waals surface area contributed by atoms with Crippen LogP contribution in [0.3, 0.4) is 0 Å². The van der Waals surface area contributed by atoms with E-state index in [4.69, 9.17) is 14.6 Å². The number of aliphatic hydroxyl groups is 2. The number of ether oxygens (including phenoxy) is 2. The SMILES string of the molecule is CO.COc1cc([C@H]2OCC(Cc3ccc(O)cc3)C2CO)ccc1O. The van der Waals surface area contributed by atoms with Crippen molar-refractivity contribution in [2.75, 3.05) is 27.4 Å². The van der Waals surface area contributed by atoms with Crippen molar-refractivity contribution in [1.29, 1.82) is 0 Å². The second-order valence-corrected chi connectivity index (χ2v) is 6.16. The van der Waals surface area contributed by atoms with Crippen molar-refractivity contribution >= 4 is 0 Å². The first-order chi connectivity index (χ1) is 12.6. The fourth-order valence-corrected chi connectivity index (χ4v) is 3.33. The molecule has 6 heteroatoms. The van der Waals surface area contributed by atoms with Crippen molar-refractivity contribution in [2.24, 2.45) is 11.8 Å². The maximum Gasteiger partial charge on any atom is 0.160 e. The highest BCUT2D eigenvalue weighted by molar-refractivity contribution is 5.42. The van der Waals surface area contributed by atoms with Gasteiger partial charge in [-0.25, -0.2) is 0 Å². The Bertz CT molecular complexity index is 685. The van der Waals surface area contributed by atoms with Crippen LogP contribution >= 0.6 is 0 Å². The lowest BCUT2D eigenvalue weighted by atomic mass is 9.84. The van der Waals surface area contributed by atoms with Gasteiger partial charge < -0.3 is 29.9 Å². The summed E-state index contributed by atoms with van der Waals surface area (Å²) >= 11 is 0. The summed E-state index contributed by atoms with van der Waals surface area (Å²) < 4.78 is 11.1. The second-order valence-electron chi connectivity index (χ2n) is 6.16. The predicted octanol–water partition coefficient (Wildman–Crippen LogP) is 2.25. The molecule has 1 aliphatic rings. The third-order valence-corrected chi connectivity index (χ3v) is 4.66. The number of benzene rings is 2. The summed E-state index contributed by atoms with van der Waals surface area (Å²) in [5.41, 5.74) is 1.99. The average Bonchev–Trinajstić information content (AvgIpc) is 3.08. The number of rotatable bonds is 5. The van der Waals surface area contributed by atoms with Crippen molar-refractivity contribution < 1.29 is 29.9 Å². The van der Waals surface area contributed by atoms with Gasteiger partial charge in [0.15, 0.2) is 11.5 Å². The molecule has 0 saturated carbocycles. The van der Waals surface area contributed by atoms with Gasteiger partial charge in [-0.1, -0.05) is 18.2 Å². The first kappa shape index (κ1) is 20.0. The Morgan fingerprint density at radius 1 is 1.08 bits per heavy atom. The smallest absolute Gasteiger partial charge is 0.160 e.